The van der Waals surface area contributed by atoms with E-state index >= 15 is 0 Å². The van der Waals surface area contributed by atoms with Gasteiger partial charge in [-0.2, -0.15) is 0 Å². The summed E-state index contributed by atoms with van der Waals surface area (Å²) in [6, 6.07) is 0. The molecule has 0 saturated carbocycles. The highest BCUT2D eigenvalue weighted by molar-refractivity contribution is 5.70. The van der Waals surface area contributed by atoms with Gasteiger partial charge in [-0.1, -0.05) is 54.4 Å². The van der Waals surface area contributed by atoms with E-state index in [1.165, 1.54) is 0 Å². The van der Waals surface area contributed by atoms with Crippen molar-refractivity contribution in [2.24, 2.45) is 10.8 Å². The summed E-state index contributed by atoms with van der Waals surface area (Å²) in [5, 5.41) is 9.04. The molecule has 0 unspecified atom stereocenters. The van der Waals surface area contributed by atoms with Crippen LogP contribution in [0.1, 0.15) is 106 Å². The fourth-order valence-corrected chi connectivity index (χ4v) is 3.25. The van der Waals surface area contributed by atoms with E-state index in [-0.39, 0.29) is 29.4 Å². The smallest absolute Gasteiger partial charge is 0.307 e. The van der Waals surface area contributed by atoms with Gasteiger partial charge in [-0.3, -0.25) is 9.59 Å². The number of hydrogen-bond donors (Lipinski definition) is 1. The van der Waals surface area contributed by atoms with Crippen LogP contribution in [0.4, 0.5) is 0 Å². The number of aliphatic hydroxyl groups is 1. The summed E-state index contributed by atoms with van der Waals surface area (Å²) in [5.41, 5.74) is 0.577. The van der Waals surface area contributed by atoms with Crippen molar-refractivity contribution in [3.05, 3.63) is 0 Å². The van der Waals surface area contributed by atoms with E-state index in [0.717, 1.165) is 51.5 Å². The third kappa shape index (κ3) is 17.4. The summed E-state index contributed by atoms with van der Waals surface area (Å²) in [4.78, 5) is 26.3. The second-order valence-corrected chi connectivity index (χ2v) is 10.5. The van der Waals surface area contributed by atoms with Gasteiger partial charge in [0.2, 0.25) is 0 Å². The standard InChI is InChI=1S/C26H51NO5/c1-7-25(3,4)15-11-21-31-23(29)13-18-27(17-9-10-20-28)19-14-24(30)32-22-12-16-26(5,6)8-2/h28H,7-22H2,1-6H3. The average Bonchev–Trinajstić information content (AvgIpc) is 2.76. The molecule has 1 N–H and O–H groups in total. The Hall–Kier alpha value is -1.14. The molecule has 0 aromatic rings. The van der Waals surface area contributed by atoms with E-state index in [0.29, 0.717) is 45.6 Å². The molecule has 0 heterocycles. The molecule has 0 spiro atoms. The van der Waals surface area contributed by atoms with Crippen LogP contribution in [-0.2, 0) is 19.1 Å². The van der Waals surface area contributed by atoms with Gasteiger partial charge in [-0.15, -0.1) is 0 Å². The van der Waals surface area contributed by atoms with Crippen molar-refractivity contribution < 1.29 is 24.2 Å². The van der Waals surface area contributed by atoms with Crippen molar-refractivity contribution in [3.63, 3.8) is 0 Å². The molecule has 0 fully saturated rings. The molecular formula is C26H51NO5. The van der Waals surface area contributed by atoms with Crippen LogP contribution in [0, 0.1) is 10.8 Å². The predicted octanol–water partition coefficient (Wildman–Crippen LogP) is 5.36. The van der Waals surface area contributed by atoms with Crippen LogP contribution in [0.5, 0.6) is 0 Å². The van der Waals surface area contributed by atoms with E-state index in [9.17, 15) is 9.59 Å². The molecule has 0 aromatic heterocycles. The molecule has 190 valence electrons. The van der Waals surface area contributed by atoms with Crippen molar-refractivity contribution in [1.29, 1.82) is 0 Å². The molecule has 0 rings (SSSR count). The van der Waals surface area contributed by atoms with E-state index in [2.05, 4.69) is 46.4 Å². The Labute approximate surface area is 197 Å². The molecule has 32 heavy (non-hydrogen) atoms. The van der Waals surface area contributed by atoms with Gasteiger partial charge < -0.3 is 19.5 Å². The van der Waals surface area contributed by atoms with Gasteiger partial charge in [0, 0.05) is 19.7 Å². The molecule has 0 bridgehead atoms. The minimum absolute atomic E-state index is 0.153. The number of esters is 2. The number of nitrogens with zero attached hydrogens (tertiary/aromatic N) is 1. The first-order valence-corrected chi connectivity index (χ1v) is 12.7. The van der Waals surface area contributed by atoms with Gasteiger partial charge in [0.15, 0.2) is 0 Å². The number of ether oxygens (including phenoxy) is 2. The number of carbonyl (C=O) groups excluding carboxylic acids is 2. The minimum Gasteiger partial charge on any atom is -0.466 e. The number of carbonyl (C=O) groups is 2. The number of hydrogen-bond acceptors (Lipinski definition) is 6. The highest BCUT2D eigenvalue weighted by Gasteiger charge is 2.16. The molecule has 0 aliphatic rings. The first kappa shape index (κ1) is 30.9. The van der Waals surface area contributed by atoms with Crippen LogP contribution in [0.25, 0.3) is 0 Å². The van der Waals surface area contributed by atoms with Crippen molar-refractivity contribution >= 4 is 11.9 Å². The second kappa shape index (κ2) is 17.4. The zero-order chi connectivity index (χ0) is 24.5. The molecule has 0 aromatic carbocycles. The Morgan fingerprint density at radius 2 is 1.16 bits per heavy atom. The van der Waals surface area contributed by atoms with Gasteiger partial charge in [-0.05, 0) is 55.9 Å². The molecule has 0 radical (unpaired) electrons. The van der Waals surface area contributed by atoms with Gasteiger partial charge in [0.05, 0.1) is 26.1 Å². The Balaban J connectivity index is 4.22. The summed E-state index contributed by atoms with van der Waals surface area (Å²) in [5.74, 6) is -0.375. The van der Waals surface area contributed by atoms with Crippen LogP contribution in [0.15, 0.2) is 0 Å². The van der Waals surface area contributed by atoms with Gasteiger partial charge >= 0.3 is 11.9 Å². The van der Waals surface area contributed by atoms with E-state index in [1.54, 1.807) is 0 Å². The zero-order valence-corrected chi connectivity index (χ0v) is 21.8. The fraction of sp³-hybridized carbons (Fsp3) is 0.923. The van der Waals surface area contributed by atoms with Gasteiger partial charge in [0.1, 0.15) is 0 Å². The third-order valence-electron chi connectivity index (χ3n) is 6.58. The van der Waals surface area contributed by atoms with Gasteiger partial charge in [-0.25, -0.2) is 0 Å². The second-order valence-electron chi connectivity index (χ2n) is 10.5. The van der Waals surface area contributed by atoms with Crippen LogP contribution in [0.2, 0.25) is 0 Å². The molecule has 6 nitrogen and oxygen atoms in total. The summed E-state index contributed by atoms with van der Waals surface area (Å²) in [7, 11) is 0. The molecule has 0 aliphatic heterocycles. The first-order valence-electron chi connectivity index (χ1n) is 12.7. The van der Waals surface area contributed by atoms with Crippen LogP contribution in [-0.4, -0.2) is 61.4 Å². The maximum absolute atomic E-state index is 12.1. The third-order valence-corrected chi connectivity index (χ3v) is 6.58. The summed E-state index contributed by atoms with van der Waals surface area (Å²) < 4.78 is 10.8. The topological polar surface area (TPSA) is 76.1 Å². The summed E-state index contributed by atoms with van der Waals surface area (Å²) in [6.07, 6.45) is 8.26. The maximum Gasteiger partial charge on any atom is 0.307 e. The largest absolute Gasteiger partial charge is 0.466 e. The predicted molar refractivity (Wildman–Crippen MR) is 131 cm³/mol. The van der Waals surface area contributed by atoms with E-state index in [4.69, 9.17) is 14.6 Å². The monoisotopic (exact) mass is 457 g/mol. The van der Waals surface area contributed by atoms with Crippen molar-refractivity contribution in [1.82, 2.24) is 4.90 Å². The SMILES string of the molecule is CCC(C)(C)CCCOC(=O)CCN(CCCCO)CCC(=O)OCCCC(C)(C)CC. The van der Waals surface area contributed by atoms with E-state index in [1.807, 2.05) is 0 Å². The molecule has 0 saturated heterocycles. The van der Waals surface area contributed by atoms with Crippen LogP contribution < -0.4 is 0 Å². The number of rotatable bonds is 20. The highest BCUT2D eigenvalue weighted by Crippen LogP contribution is 2.26. The molecule has 0 aliphatic carbocycles. The lowest BCUT2D eigenvalue weighted by Gasteiger charge is -2.23. The van der Waals surface area contributed by atoms with Crippen molar-refractivity contribution in [2.45, 2.75) is 106 Å². The number of unbranched alkanes of at least 4 members (excludes halogenated alkanes) is 1. The lowest BCUT2D eigenvalue weighted by atomic mass is 9.85. The fourth-order valence-electron chi connectivity index (χ4n) is 3.25. The summed E-state index contributed by atoms with van der Waals surface area (Å²) >= 11 is 0. The molecule has 6 heteroatoms. The maximum atomic E-state index is 12.1. The highest BCUT2D eigenvalue weighted by atomic mass is 16.5. The molecule has 0 atom stereocenters. The number of aliphatic hydroxyl groups excluding tert-OH is 1. The quantitative estimate of drug-likeness (QED) is 0.196. The Bertz CT molecular complexity index is 464. The Morgan fingerprint density at radius 3 is 1.53 bits per heavy atom. The normalized spacial score (nSPS) is 12.2. The molecular weight excluding hydrogens is 406 g/mol. The Kier molecular flexibility index (Phi) is 16.7. The van der Waals surface area contributed by atoms with Crippen LogP contribution in [0.3, 0.4) is 0 Å². The molecule has 0 amide bonds. The average molecular weight is 458 g/mol. The van der Waals surface area contributed by atoms with Gasteiger partial charge in [0.25, 0.3) is 0 Å². The first-order chi connectivity index (χ1) is 15.0. The Morgan fingerprint density at radius 1 is 0.719 bits per heavy atom. The zero-order valence-electron chi connectivity index (χ0n) is 21.8. The summed E-state index contributed by atoms with van der Waals surface area (Å²) in [6.45, 7) is 16.2. The van der Waals surface area contributed by atoms with Crippen molar-refractivity contribution in [2.75, 3.05) is 39.5 Å². The van der Waals surface area contributed by atoms with Crippen LogP contribution >= 0.6 is 0 Å². The van der Waals surface area contributed by atoms with E-state index < -0.39 is 0 Å². The van der Waals surface area contributed by atoms with Crippen molar-refractivity contribution in [3.8, 4) is 0 Å². The lowest BCUT2D eigenvalue weighted by Crippen LogP contribution is -2.31. The lowest BCUT2D eigenvalue weighted by molar-refractivity contribution is -0.144. The minimum atomic E-state index is -0.187.